The van der Waals surface area contributed by atoms with Gasteiger partial charge in [0.1, 0.15) is 5.72 Å². The first-order valence-electron chi connectivity index (χ1n) is 14.5. The molecule has 2 aromatic rings. The molecule has 5 aliphatic heterocycles. The molecule has 1 unspecified atom stereocenters. The van der Waals surface area contributed by atoms with Gasteiger partial charge in [-0.15, -0.1) is 0 Å². The van der Waals surface area contributed by atoms with Crippen molar-refractivity contribution >= 4 is 0 Å². The van der Waals surface area contributed by atoms with E-state index >= 15 is 0 Å². The largest absolute Gasteiger partial charge is 0.493 e. The Hall–Kier alpha value is -2.78. The van der Waals surface area contributed by atoms with Crippen molar-refractivity contribution in [3.8, 4) is 23.0 Å². The minimum atomic E-state index is -1.10. The summed E-state index contributed by atoms with van der Waals surface area (Å²) in [7, 11) is 6.75. The van der Waals surface area contributed by atoms with Crippen molar-refractivity contribution in [2.24, 2.45) is 5.92 Å². The van der Waals surface area contributed by atoms with Gasteiger partial charge in [0.15, 0.2) is 28.8 Å². The van der Waals surface area contributed by atoms with Crippen LogP contribution in [0.25, 0.3) is 0 Å². The number of ether oxygens (including phenoxy) is 5. The van der Waals surface area contributed by atoms with Crippen LogP contribution in [0.3, 0.4) is 0 Å². The van der Waals surface area contributed by atoms with Crippen LogP contribution in [-0.4, -0.2) is 75.1 Å². The standard InChI is InChI=1S/C32H38N2O6/c1-36-23-7-5-19(13-25(23)38-3)29-9-11-33-27(29)17-32-22(15-29)21-16-30(35,40-32)18-28-31(21,10-12-34(28)32)20-6-8-24(37-2)26(14-20)39-4/h5-8,13-15,21,27-28,33,35H,9-12,16-18H2,1-4H3/t21-,27+,28+,29-,30+,31-,32-/m0/s1. The molecule has 9 rings (SSSR count). The normalized spacial score (nSPS) is 41.8. The fourth-order valence-corrected chi connectivity index (χ4v) is 9.76. The minimum Gasteiger partial charge on any atom is -0.493 e. The number of rotatable bonds is 6. The first-order valence-corrected chi connectivity index (χ1v) is 14.5. The predicted octanol–water partition coefficient (Wildman–Crippen LogP) is 3.50. The second kappa shape index (κ2) is 8.16. The maximum Gasteiger partial charge on any atom is 0.170 e. The average molecular weight is 547 g/mol. The van der Waals surface area contributed by atoms with Crippen LogP contribution in [0.5, 0.6) is 23.0 Å². The lowest BCUT2D eigenvalue weighted by Crippen LogP contribution is -2.79. The van der Waals surface area contributed by atoms with E-state index < -0.39 is 11.5 Å². The number of hydrogen-bond acceptors (Lipinski definition) is 8. The molecular weight excluding hydrogens is 508 g/mol. The van der Waals surface area contributed by atoms with Crippen molar-refractivity contribution < 1.29 is 28.8 Å². The van der Waals surface area contributed by atoms with Crippen LogP contribution in [0.1, 0.15) is 43.2 Å². The number of hydrogen-bond donors (Lipinski definition) is 2. The Kier molecular flexibility index (Phi) is 5.09. The molecule has 8 atom stereocenters. The maximum atomic E-state index is 11.8. The molecule has 6 fully saturated rings. The van der Waals surface area contributed by atoms with Gasteiger partial charge in [-0.2, -0.15) is 0 Å². The van der Waals surface area contributed by atoms with E-state index in [1.165, 1.54) is 16.7 Å². The van der Waals surface area contributed by atoms with Gasteiger partial charge in [-0.1, -0.05) is 18.2 Å². The lowest BCUT2D eigenvalue weighted by atomic mass is 9.49. The van der Waals surface area contributed by atoms with Gasteiger partial charge in [0.25, 0.3) is 0 Å². The van der Waals surface area contributed by atoms with E-state index in [2.05, 4.69) is 40.6 Å². The number of nitrogens with one attached hydrogen (secondary N) is 1. The molecule has 0 aromatic heterocycles. The molecule has 2 N–H and O–H groups in total. The molecule has 5 heterocycles. The molecule has 1 spiro atoms. The number of nitrogens with zero attached hydrogens (tertiary/aromatic N) is 1. The smallest absolute Gasteiger partial charge is 0.170 e. The molecule has 40 heavy (non-hydrogen) atoms. The van der Waals surface area contributed by atoms with Crippen LogP contribution in [0, 0.1) is 5.92 Å². The summed E-state index contributed by atoms with van der Waals surface area (Å²) in [5.74, 6) is 2.05. The van der Waals surface area contributed by atoms with E-state index in [0.29, 0.717) is 12.8 Å². The SMILES string of the molecule is COc1ccc([C@]23CCN4[C@@H]2C[C@@]2(O)C[C@H]3C3=C[C@]5(c6ccc(OC)c(OC)c6)CCN[C@@H]5C[C@]34O2)cc1OC. The monoisotopic (exact) mass is 546 g/mol. The fourth-order valence-electron chi connectivity index (χ4n) is 9.76. The predicted molar refractivity (Wildman–Crippen MR) is 148 cm³/mol. The summed E-state index contributed by atoms with van der Waals surface area (Å²) in [4.78, 5) is 2.60. The third-order valence-corrected chi connectivity index (χ3v) is 11.3. The molecule has 1 saturated carbocycles. The van der Waals surface area contributed by atoms with E-state index in [9.17, 15) is 5.11 Å². The third kappa shape index (κ3) is 2.85. The molecular formula is C32H38N2O6. The summed E-state index contributed by atoms with van der Waals surface area (Å²) in [5.41, 5.74) is 2.95. The molecule has 2 aliphatic carbocycles. The highest BCUT2D eigenvalue weighted by atomic mass is 16.7. The Morgan fingerprint density at radius 1 is 0.850 bits per heavy atom. The number of fused-ring (bicyclic) bond motifs is 1. The summed E-state index contributed by atoms with van der Waals surface area (Å²) >= 11 is 0. The van der Waals surface area contributed by atoms with Gasteiger partial charge in [0, 0.05) is 54.6 Å². The molecule has 212 valence electrons. The maximum absolute atomic E-state index is 11.8. The molecule has 8 heteroatoms. The Bertz CT molecular complexity index is 1430. The molecule has 0 amide bonds. The molecule has 6 bridgehead atoms. The number of benzene rings is 2. The Labute approximate surface area is 235 Å². The van der Waals surface area contributed by atoms with Gasteiger partial charge in [-0.25, -0.2) is 0 Å². The summed E-state index contributed by atoms with van der Waals surface area (Å²) in [6.07, 6.45) is 6.62. The van der Waals surface area contributed by atoms with Gasteiger partial charge in [0.2, 0.25) is 0 Å². The quantitative estimate of drug-likeness (QED) is 0.533. The van der Waals surface area contributed by atoms with Crippen molar-refractivity contribution in [1.29, 1.82) is 0 Å². The van der Waals surface area contributed by atoms with E-state index in [4.69, 9.17) is 23.7 Å². The Morgan fingerprint density at radius 3 is 2.23 bits per heavy atom. The van der Waals surface area contributed by atoms with Crippen LogP contribution in [-0.2, 0) is 15.6 Å². The molecule has 0 radical (unpaired) electrons. The summed E-state index contributed by atoms with van der Waals surface area (Å²) in [5, 5.41) is 15.6. The van der Waals surface area contributed by atoms with Gasteiger partial charge in [0.05, 0.1) is 28.4 Å². The summed E-state index contributed by atoms with van der Waals surface area (Å²) in [6, 6.07) is 13.2. The Morgan fingerprint density at radius 2 is 1.52 bits per heavy atom. The topological polar surface area (TPSA) is 81.7 Å². The lowest BCUT2D eigenvalue weighted by molar-refractivity contribution is -0.384. The van der Waals surface area contributed by atoms with Gasteiger partial charge in [-0.05, 0) is 60.4 Å². The number of piperidine rings is 1. The van der Waals surface area contributed by atoms with Crippen molar-refractivity contribution in [3.05, 3.63) is 59.2 Å². The van der Waals surface area contributed by atoms with Crippen LogP contribution in [0.4, 0.5) is 0 Å². The number of methoxy groups -OCH3 is 4. The molecule has 2 aromatic carbocycles. The van der Waals surface area contributed by atoms with Crippen molar-refractivity contribution in [3.63, 3.8) is 0 Å². The van der Waals surface area contributed by atoms with E-state index in [1.807, 2.05) is 12.1 Å². The van der Waals surface area contributed by atoms with Crippen molar-refractivity contribution in [2.75, 3.05) is 41.5 Å². The zero-order valence-electron chi connectivity index (χ0n) is 23.7. The lowest BCUT2D eigenvalue weighted by Gasteiger charge is -2.71. The summed E-state index contributed by atoms with van der Waals surface area (Å²) in [6.45, 7) is 1.87. The van der Waals surface area contributed by atoms with Crippen LogP contribution in [0.2, 0.25) is 0 Å². The van der Waals surface area contributed by atoms with E-state index in [-0.39, 0.29) is 28.8 Å². The first kappa shape index (κ1) is 25.0. The number of aliphatic hydroxyl groups is 1. The van der Waals surface area contributed by atoms with Crippen LogP contribution in [0.15, 0.2) is 48.0 Å². The van der Waals surface area contributed by atoms with Crippen LogP contribution >= 0.6 is 0 Å². The Balaban J connectivity index is 1.33. The second-order valence-corrected chi connectivity index (χ2v) is 12.5. The van der Waals surface area contributed by atoms with Crippen molar-refractivity contribution in [1.82, 2.24) is 10.2 Å². The second-order valence-electron chi connectivity index (χ2n) is 12.5. The highest BCUT2D eigenvalue weighted by Crippen LogP contribution is 2.71. The first-order chi connectivity index (χ1) is 19.4. The fraction of sp³-hybridized carbons (Fsp3) is 0.562. The van der Waals surface area contributed by atoms with E-state index in [1.54, 1.807) is 28.4 Å². The average Bonchev–Trinajstić information content (AvgIpc) is 3.55. The summed E-state index contributed by atoms with van der Waals surface area (Å²) < 4.78 is 29.5. The molecule has 8 nitrogen and oxygen atoms in total. The van der Waals surface area contributed by atoms with Gasteiger partial charge in [-0.3, -0.25) is 4.90 Å². The van der Waals surface area contributed by atoms with Crippen LogP contribution < -0.4 is 24.3 Å². The van der Waals surface area contributed by atoms with Crippen molar-refractivity contribution in [2.45, 2.75) is 66.5 Å². The van der Waals surface area contributed by atoms with E-state index in [0.717, 1.165) is 55.4 Å². The van der Waals surface area contributed by atoms with Gasteiger partial charge < -0.3 is 34.1 Å². The third-order valence-electron chi connectivity index (χ3n) is 11.3. The highest BCUT2D eigenvalue weighted by Gasteiger charge is 2.77. The zero-order valence-corrected chi connectivity index (χ0v) is 23.7. The highest BCUT2D eigenvalue weighted by molar-refractivity contribution is 5.55. The molecule has 5 saturated heterocycles. The zero-order chi connectivity index (χ0) is 27.5. The minimum absolute atomic E-state index is 0.122. The van der Waals surface area contributed by atoms with Gasteiger partial charge >= 0.3 is 0 Å². The molecule has 7 aliphatic rings.